The molecule has 0 aliphatic carbocycles. The van der Waals surface area contributed by atoms with Crippen molar-refractivity contribution >= 4 is 0 Å². The summed E-state index contributed by atoms with van der Waals surface area (Å²) >= 11 is 0. The number of likely N-dealkylation sites (tertiary alicyclic amines) is 1. The molecule has 3 heterocycles. The van der Waals surface area contributed by atoms with Crippen LogP contribution < -0.4 is 0 Å². The van der Waals surface area contributed by atoms with E-state index in [1.807, 2.05) is 29.9 Å². The molecule has 2 atom stereocenters. The summed E-state index contributed by atoms with van der Waals surface area (Å²) in [4.78, 5) is 2.32. The van der Waals surface area contributed by atoms with E-state index in [1.54, 1.807) is 6.20 Å². The first-order chi connectivity index (χ1) is 12.2. The molecule has 1 saturated heterocycles. The third-order valence-electron chi connectivity index (χ3n) is 4.85. The molecule has 25 heavy (non-hydrogen) atoms. The first-order valence-electron chi connectivity index (χ1n) is 8.68. The minimum Gasteiger partial charge on any atom is -0.391 e. The van der Waals surface area contributed by atoms with Gasteiger partial charge in [0.2, 0.25) is 0 Å². The highest BCUT2D eigenvalue weighted by Crippen LogP contribution is 2.24. The fourth-order valence-corrected chi connectivity index (χ4v) is 3.64. The Morgan fingerprint density at radius 1 is 1.24 bits per heavy atom. The zero-order chi connectivity index (χ0) is 17.2. The second-order valence-corrected chi connectivity index (χ2v) is 6.85. The van der Waals surface area contributed by atoms with Crippen LogP contribution >= 0.6 is 0 Å². The maximum Gasteiger partial charge on any atom is 0.0711 e. The lowest BCUT2D eigenvalue weighted by Crippen LogP contribution is -2.22. The summed E-state index contributed by atoms with van der Waals surface area (Å²) in [5.74, 6) is 0.222. The van der Waals surface area contributed by atoms with Gasteiger partial charge in [0.15, 0.2) is 0 Å². The highest BCUT2D eigenvalue weighted by atomic mass is 16.3. The van der Waals surface area contributed by atoms with Crippen LogP contribution in [-0.4, -0.2) is 49.2 Å². The molecule has 0 bridgehead atoms. The average molecular weight is 337 g/mol. The molecule has 1 fully saturated rings. The van der Waals surface area contributed by atoms with Gasteiger partial charge < -0.3 is 5.11 Å². The van der Waals surface area contributed by atoms with Crippen molar-refractivity contribution in [2.45, 2.75) is 26.0 Å². The Balaban J connectivity index is 1.46. The molecule has 3 aromatic rings. The molecule has 0 spiro atoms. The van der Waals surface area contributed by atoms with Gasteiger partial charge in [-0.25, -0.2) is 4.68 Å². The number of nitrogens with zero attached hydrogens (tertiary/aromatic N) is 4. The molecule has 1 aliphatic rings. The third kappa shape index (κ3) is 3.50. The number of benzene rings is 1. The Morgan fingerprint density at radius 2 is 2.12 bits per heavy atom. The van der Waals surface area contributed by atoms with Gasteiger partial charge in [-0.05, 0) is 37.1 Å². The highest BCUT2D eigenvalue weighted by molar-refractivity contribution is 5.40. The number of para-hydroxylation sites is 1. The lowest BCUT2D eigenvalue weighted by atomic mass is 10.0. The molecule has 4 rings (SSSR count). The van der Waals surface area contributed by atoms with Crippen LogP contribution in [0.15, 0.2) is 48.8 Å². The van der Waals surface area contributed by atoms with Crippen molar-refractivity contribution in [1.82, 2.24) is 24.9 Å². The first-order valence-corrected chi connectivity index (χ1v) is 8.68. The van der Waals surface area contributed by atoms with Gasteiger partial charge in [0, 0.05) is 43.6 Å². The molecule has 6 nitrogen and oxygen atoms in total. The zero-order valence-corrected chi connectivity index (χ0v) is 14.3. The van der Waals surface area contributed by atoms with Crippen molar-refractivity contribution < 1.29 is 5.11 Å². The summed E-state index contributed by atoms with van der Waals surface area (Å²) < 4.78 is 1.89. The summed E-state index contributed by atoms with van der Waals surface area (Å²) in [5, 5.41) is 22.1. The highest BCUT2D eigenvalue weighted by Gasteiger charge is 2.32. The Morgan fingerprint density at radius 3 is 2.88 bits per heavy atom. The van der Waals surface area contributed by atoms with E-state index in [0.29, 0.717) is 6.54 Å². The van der Waals surface area contributed by atoms with Crippen LogP contribution in [0, 0.1) is 12.8 Å². The second-order valence-electron chi connectivity index (χ2n) is 6.85. The number of aliphatic hydroxyl groups is 1. The minimum absolute atomic E-state index is 0.222. The van der Waals surface area contributed by atoms with E-state index in [-0.39, 0.29) is 12.0 Å². The van der Waals surface area contributed by atoms with Gasteiger partial charge in [-0.2, -0.15) is 10.2 Å². The molecular formula is C19H23N5O. The molecule has 2 N–H and O–H groups in total. The molecule has 130 valence electrons. The van der Waals surface area contributed by atoms with Crippen LogP contribution in [0.1, 0.15) is 17.0 Å². The van der Waals surface area contributed by atoms with Crippen LogP contribution in [0.2, 0.25) is 0 Å². The van der Waals surface area contributed by atoms with Gasteiger partial charge in [-0.3, -0.25) is 10.00 Å². The van der Waals surface area contributed by atoms with E-state index >= 15 is 0 Å². The molecule has 0 radical (unpaired) electrons. The number of rotatable bonds is 5. The molecular weight excluding hydrogens is 314 g/mol. The smallest absolute Gasteiger partial charge is 0.0711 e. The Labute approximate surface area is 147 Å². The minimum atomic E-state index is -0.311. The van der Waals surface area contributed by atoms with E-state index in [0.717, 1.165) is 36.6 Å². The summed E-state index contributed by atoms with van der Waals surface area (Å²) in [7, 11) is 0. The summed E-state index contributed by atoms with van der Waals surface area (Å²) in [6.07, 6.45) is 4.25. The maximum absolute atomic E-state index is 10.5. The van der Waals surface area contributed by atoms with E-state index < -0.39 is 0 Å². The van der Waals surface area contributed by atoms with Gasteiger partial charge in [-0.15, -0.1) is 0 Å². The average Bonchev–Trinajstić information content (AvgIpc) is 3.32. The summed E-state index contributed by atoms with van der Waals surface area (Å²) in [6.45, 7) is 4.38. The van der Waals surface area contributed by atoms with Crippen molar-refractivity contribution in [3.63, 3.8) is 0 Å². The van der Waals surface area contributed by atoms with Gasteiger partial charge in [-0.1, -0.05) is 18.2 Å². The fourth-order valence-electron chi connectivity index (χ4n) is 3.64. The number of aryl methyl sites for hydroxylation is 1. The van der Waals surface area contributed by atoms with Gasteiger partial charge in [0.1, 0.15) is 0 Å². The van der Waals surface area contributed by atoms with Crippen LogP contribution in [0.4, 0.5) is 0 Å². The number of aromatic nitrogens is 4. The molecule has 1 aliphatic heterocycles. The van der Waals surface area contributed by atoms with Crippen LogP contribution in [0.5, 0.6) is 0 Å². The topological polar surface area (TPSA) is 70.0 Å². The fraction of sp³-hybridized carbons (Fsp3) is 0.368. The van der Waals surface area contributed by atoms with E-state index in [9.17, 15) is 5.11 Å². The number of aliphatic hydroxyl groups excluding tert-OH is 1. The van der Waals surface area contributed by atoms with Crippen LogP contribution in [-0.2, 0) is 13.0 Å². The lowest BCUT2D eigenvalue weighted by Gasteiger charge is -2.18. The molecule has 2 aromatic heterocycles. The SMILES string of the molecule is Cc1cc(C[C@@H]2CN(Cc3ccccc3-n3cccn3)C[C@H]2O)n[nH]1. The predicted octanol–water partition coefficient (Wildman–Crippen LogP) is 1.94. The van der Waals surface area contributed by atoms with Crippen molar-refractivity contribution in [2.75, 3.05) is 13.1 Å². The number of nitrogens with one attached hydrogen (secondary N) is 1. The number of hydrogen-bond donors (Lipinski definition) is 2. The van der Waals surface area contributed by atoms with Crippen molar-refractivity contribution in [1.29, 1.82) is 0 Å². The Hall–Kier alpha value is -2.44. The Bertz CT molecular complexity index is 826. The van der Waals surface area contributed by atoms with Gasteiger partial charge in [0.25, 0.3) is 0 Å². The quantitative estimate of drug-likeness (QED) is 0.746. The molecule has 1 aromatic carbocycles. The Kier molecular flexibility index (Phi) is 4.38. The van der Waals surface area contributed by atoms with E-state index in [4.69, 9.17) is 0 Å². The van der Waals surface area contributed by atoms with Crippen molar-refractivity contribution in [2.24, 2.45) is 5.92 Å². The first kappa shape index (κ1) is 16.1. The molecule has 6 heteroatoms. The predicted molar refractivity (Wildman–Crippen MR) is 95.4 cm³/mol. The van der Waals surface area contributed by atoms with Crippen molar-refractivity contribution in [3.05, 3.63) is 65.7 Å². The maximum atomic E-state index is 10.5. The van der Waals surface area contributed by atoms with Gasteiger partial charge in [0.05, 0.1) is 17.5 Å². The monoisotopic (exact) mass is 337 g/mol. The molecule has 0 unspecified atom stereocenters. The third-order valence-corrected chi connectivity index (χ3v) is 4.85. The zero-order valence-electron chi connectivity index (χ0n) is 14.3. The van der Waals surface area contributed by atoms with Crippen molar-refractivity contribution in [3.8, 4) is 5.69 Å². The molecule has 0 saturated carbocycles. The summed E-state index contributed by atoms with van der Waals surface area (Å²) in [5.41, 5.74) is 4.40. The summed E-state index contributed by atoms with van der Waals surface area (Å²) in [6, 6.07) is 12.3. The van der Waals surface area contributed by atoms with Crippen LogP contribution in [0.3, 0.4) is 0 Å². The normalized spacial score (nSPS) is 21.0. The second kappa shape index (κ2) is 6.82. The van der Waals surface area contributed by atoms with E-state index in [1.165, 1.54) is 5.56 Å². The number of H-pyrrole nitrogens is 1. The number of aromatic amines is 1. The van der Waals surface area contributed by atoms with Crippen LogP contribution in [0.25, 0.3) is 5.69 Å². The number of hydrogen-bond acceptors (Lipinski definition) is 4. The van der Waals surface area contributed by atoms with E-state index in [2.05, 4.69) is 44.5 Å². The largest absolute Gasteiger partial charge is 0.391 e. The lowest BCUT2D eigenvalue weighted by molar-refractivity contribution is 0.140. The molecule has 0 amide bonds. The number of β-amino-alcohol motifs (C(OH)–C–C–N with tert-alkyl or cyclic N) is 1. The standard InChI is InChI=1S/C19H23N5O/c1-14-9-17(22-21-14)10-16-12-23(13-19(16)25)11-15-5-2-3-6-18(15)24-8-4-7-20-24/h2-9,16,19,25H,10-13H2,1H3,(H,21,22)/t16-,19-/m1/s1. The van der Waals surface area contributed by atoms with Gasteiger partial charge >= 0.3 is 0 Å².